The highest BCUT2D eigenvalue weighted by molar-refractivity contribution is 6.24. The zero-order valence-corrected chi connectivity index (χ0v) is 13.9. The predicted molar refractivity (Wildman–Crippen MR) is 87.7 cm³/mol. The number of amides is 5. The quantitative estimate of drug-likeness (QED) is 0.745. The highest BCUT2D eigenvalue weighted by Gasteiger charge is 2.45. The number of rotatable bonds is 4. The van der Waals surface area contributed by atoms with Crippen molar-refractivity contribution in [3.05, 3.63) is 34.9 Å². The predicted octanol–water partition coefficient (Wildman–Crippen LogP) is 0.114. The first-order chi connectivity index (χ1) is 12.5. The third kappa shape index (κ3) is 2.67. The van der Waals surface area contributed by atoms with Crippen LogP contribution in [0.4, 0.5) is 0 Å². The molecule has 1 aromatic rings. The Labute approximate surface area is 148 Å². The SMILES string of the molecule is O=C1CC[C@@H](N2C(=O)c3cccc(CNC(=O)C4CC4)c3C2=O)C(=O)N1. The molecule has 0 radical (unpaired) electrons. The van der Waals surface area contributed by atoms with Gasteiger partial charge in [0, 0.05) is 18.9 Å². The minimum absolute atomic E-state index is 0.0454. The fourth-order valence-electron chi connectivity index (χ4n) is 3.40. The van der Waals surface area contributed by atoms with Gasteiger partial charge in [0.2, 0.25) is 17.7 Å². The lowest BCUT2D eigenvalue weighted by Crippen LogP contribution is -2.54. The third-order valence-corrected chi connectivity index (χ3v) is 4.96. The van der Waals surface area contributed by atoms with Crippen LogP contribution in [-0.4, -0.2) is 40.5 Å². The molecule has 2 fully saturated rings. The Hall–Kier alpha value is -3.03. The molecule has 1 aromatic carbocycles. The number of hydrogen-bond donors (Lipinski definition) is 2. The Balaban J connectivity index is 1.59. The number of nitrogens with zero attached hydrogens (tertiary/aromatic N) is 1. The van der Waals surface area contributed by atoms with E-state index in [1.54, 1.807) is 12.1 Å². The monoisotopic (exact) mass is 355 g/mol. The second-order valence-corrected chi connectivity index (χ2v) is 6.78. The normalized spacial score (nSPS) is 22.3. The molecule has 2 heterocycles. The first kappa shape index (κ1) is 16.4. The van der Waals surface area contributed by atoms with Crippen molar-refractivity contribution < 1.29 is 24.0 Å². The highest BCUT2D eigenvalue weighted by atomic mass is 16.2. The fourth-order valence-corrected chi connectivity index (χ4v) is 3.40. The van der Waals surface area contributed by atoms with Crippen LogP contribution in [0, 0.1) is 5.92 Å². The molecule has 8 nitrogen and oxygen atoms in total. The van der Waals surface area contributed by atoms with E-state index in [0.717, 1.165) is 17.7 Å². The van der Waals surface area contributed by atoms with Gasteiger partial charge in [-0.3, -0.25) is 34.2 Å². The number of benzene rings is 1. The van der Waals surface area contributed by atoms with Gasteiger partial charge in [-0.2, -0.15) is 0 Å². The number of hydrogen-bond acceptors (Lipinski definition) is 5. The maximum Gasteiger partial charge on any atom is 0.262 e. The lowest BCUT2D eigenvalue weighted by molar-refractivity contribution is -0.136. The zero-order chi connectivity index (χ0) is 18.4. The summed E-state index contributed by atoms with van der Waals surface area (Å²) in [6, 6.07) is 3.88. The summed E-state index contributed by atoms with van der Waals surface area (Å²) < 4.78 is 0. The molecule has 0 aromatic heterocycles. The maximum absolute atomic E-state index is 12.9. The minimum Gasteiger partial charge on any atom is -0.352 e. The number of imide groups is 2. The van der Waals surface area contributed by atoms with Crippen molar-refractivity contribution in [2.24, 2.45) is 5.92 Å². The van der Waals surface area contributed by atoms with E-state index in [1.807, 2.05) is 0 Å². The molecule has 0 spiro atoms. The van der Waals surface area contributed by atoms with E-state index in [-0.39, 0.29) is 42.3 Å². The van der Waals surface area contributed by atoms with Crippen LogP contribution in [0.25, 0.3) is 0 Å². The van der Waals surface area contributed by atoms with Gasteiger partial charge in [-0.05, 0) is 30.9 Å². The molecule has 1 aliphatic carbocycles. The summed E-state index contributed by atoms with van der Waals surface area (Å²) in [5.74, 6) is -2.17. The van der Waals surface area contributed by atoms with Gasteiger partial charge in [-0.25, -0.2) is 0 Å². The Bertz CT molecular complexity index is 858. The highest BCUT2D eigenvalue weighted by Crippen LogP contribution is 2.31. The molecule has 8 heteroatoms. The van der Waals surface area contributed by atoms with Crippen molar-refractivity contribution in [1.82, 2.24) is 15.5 Å². The van der Waals surface area contributed by atoms with E-state index < -0.39 is 29.7 Å². The van der Waals surface area contributed by atoms with Crippen molar-refractivity contribution in [2.75, 3.05) is 0 Å². The summed E-state index contributed by atoms with van der Waals surface area (Å²) >= 11 is 0. The lowest BCUT2D eigenvalue weighted by atomic mass is 10.0. The van der Waals surface area contributed by atoms with Crippen LogP contribution in [-0.2, 0) is 20.9 Å². The van der Waals surface area contributed by atoms with Gasteiger partial charge in [0.15, 0.2) is 0 Å². The first-order valence-electron chi connectivity index (χ1n) is 8.58. The van der Waals surface area contributed by atoms with Crippen molar-refractivity contribution >= 4 is 29.5 Å². The summed E-state index contributed by atoms with van der Waals surface area (Å²) in [7, 11) is 0. The van der Waals surface area contributed by atoms with Gasteiger partial charge in [0.05, 0.1) is 11.1 Å². The molecule has 0 unspecified atom stereocenters. The van der Waals surface area contributed by atoms with Crippen molar-refractivity contribution in [2.45, 2.75) is 38.3 Å². The van der Waals surface area contributed by atoms with E-state index in [4.69, 9.17) is 0 Å². The van der Waals surface area contributed by atoms with E-state index in [0.29, 0.717) is 5.56 Å². The second kappa shape index (κ2) is 6.05. The molecule has 134 valence electrons. The van der Waals surface area contributed by atoms with Crippen LogP contribution < -0.4 is 10.6 Å². The molecule has 5 amide bonds. The second-order valence-electron chi connectivity index (χ2n) is 6.78. The number of carbonyl (C=O) groups excluding carboxylic acids is 5. The Morgan fingerprint density at radius 3 is 2.58 bits per heavy atom. The van der Waals surface area contributed by atoms with Gasteiger partial charge in [-0.15, -0.1) is 0 Å². The first-order valence-corrected chi connectivity index (χ1v) is 8.58. The van der Waals surface area contributed by atoms with Crippen molar-refractivity contribution in [1.29, 1.82) is 0 Å². The molecule has 4 rings (SSSR count). The van der Waals surface area contributed by atoms with Gasteiger partial charge in [-0.1, -0.05) is 12.1 Å². The van der Waals surface area contributed by atoms with Crippen molar-refractivity contribution in [3.8, 4) is 0 Å². The molecule has 2 N–H and O–H groups in total. The molecule has 1 saturated carbocycles. The smallest absolute Gasteiger partial charge is 0.262 e. The van der Waals surface area contributed by atoms with Crippen LogP contribution in [0.2, 0.25) is 0 Å². The molecule has 26 heavy (non-hydrogen) atoms. The molecule has 1 atom stereocenters. The molecular weight excluding hydrogens is 338 g/mol. The standard InChI is InChI=1S/C18H17N3O5/c22-13-7-6-12(16(24)20-13)21-17(25)11-3-1-2-10(14(11)18(21)26)8-19-15(23)9-4-5-9/h1-3,9,12H,4-8H2,(H,19,23)(H,20,22,24)/t12-/m1/s1. The minimum atomic E-state index is -0.992. The van der Waals surface area contributed by atoms with E-state index in [9.17, 15) is 24.0 Å². The molecule has 1 saturated heterocycles. The topological polar surface area (TPSA) is 113 Å². The molecule has 3 aliphatic rings. The fraction of sp³-hybridized carbons (Fsp3) is 0.389. The third-order valence-electron chi connectivity index (χ3n) is 4.96. The number of nitrogens with one attached hydrogen (secondary N) is 2. The van der Waals surface area contributed by atoms with Crippen LogP contribution in [0.1, 0.15) is 52.0 Å². The largest absolute Gasteiger partial charge is 0.352 e. The lowest BCUT2D eigenvalue weighted by Gasteiger charge is -2.27. The van der Waals surface area contributed by atoms with Crippen LogP contribution in [0.3, 0.4) is 0 Å². The number of piperidine rings is 1. The summed E-state index contributed by atoms with van der Waals surface area (Å²) in [6.45, 7) is 0.153. The Morgan fingerprint density at radius 1 is 1.12 bits per heavy atom. The molecule has 2 aliphatic heterocycles. The Morgan fingerprint density at radius 2 is 1.88 bits per heavy atom. The van der Waals surface area contributed by atoms with Gasteiger partial charge >= 0.3 is 0 Å². The zero-order valence-electron chi connectivity index (χ0n) is 13.9. The van der Waals surface area contributed by atoms with E-state index in [2.05, 4.69) is 10.6 Å². The van der Waals surface area contributed by atoms with Gasteiger partial charge in [0.1, 0.15) is 6.04 Å². The maximum atomic E-state index is 12.9. The van der Waals surface area contributed by atoms with Gasteiger partial charge in [0.25, 0.3) is 11.8 Å². The van der Waals surface area contributed by atoms with Gasteiger partial charge < -0.3 is 5.32 Å². The Kier molecular flexibility index (Phi) is 3.82. The van der Waals surface area contributed by atoms with Crippen LogP contribution in [0.15, 0.2) is 18.2 Å². The van der Waals surface area contributed by atoms with Crippen LogP contribution in [0.5, 0.6) is 0 Å². The van der Waals surface area contributed by atoms with Crippen LogP contribution >= 0.6 is 0 Å². The van der Waals surface area contributed by atoms with E-state index >= 15 is 0 Å². The average Bonchev–Trinajstić information content (AvgIpc) is 3.42. The summed E-state index contributed by atoms with van der Waals surface area (Å²) in [6.07, 6.45) is 1.94. The van der Waals surface area contributed by atoms with E-state index in [1.165, 1.54) is 6.07 Å². The molecular formula is C18H17N3O5. The summed E-state index contributed by atoms with van der Waals surface area (Å²) in [5, 5.41) is 4.96. The number of carbonyl (C=O) groups is 5. The van der Waals surface area contributed by atoms with Crippen molar-refractivity contribution in [3.63, 3.8) is 0 Å². The molecule has 0 bridgehead atoms. The summed E-state index contributed by atoms with van der Waals surface area (Å²) in [4.78, 5) is 61.7. The number of fused-ring (bicyclic) bond motifs is 1. The summed E-state index contributed by atoms with van der Waals surface area (Å²) in [5.41, 5.74) is 0.987. The average molecular weight is 355 g/mol.